The summed E-state index contributed by atoms with van der Waals surface area (Å²) in [4.78, 5) is 11.0. The Morgan fingerprint density at radius 1 is 1.18 bits per heavy atom. The molecule has 0 aliphatic carbocycles. The van der Waals surface area contributed by atoms with Gasteiger partial charge in [0.05, 0.1) is 7.11 Å². The highest BCUT2D eigenvalue weighted by molar-refractivity contribution is 5.33. The summed E-state index contributed by atoms with van der Waals surface area (Å²) < 4.78 is 5.43. The first kappa shape index (κ1) is 16.4. The van der Waals surface area contributed by atoms with Crippen LogP contribution in [-0.2, 0) is 19.4 Å². The summed E-state index contributed by atoms with van der Waals surface area (Å²) in [6.45, 7) is 5.14. The molecule has 4 nitrogen and oxygen atoms in total. The molecule has 0 saturated carbocycles. The van der Waals surface area contributed by atoms with Gasteiger partial charge in [0, 0.05) is 37.0 Å². The summed E-state index contributed by atoms with van der Waals surface area (Å²) >= 11 is 0. The van der Waals surface area contributed by atoms with Crippen LogP contribution >= 0.6 is 0 Å². The Bertz CT molecular complexity index is 583. The van der Waals surface area contributed by atoms with Crippen LogP contribution in [0, 0.1) is 0 Å². The third-order valence-electron chi connectivity index (χ3n) is 3.97. The second-order valence-electron chi connectivity index (χ2n) is 5.64. The van der Waals surface area contributed by atoms with Crippen molar-refractivity contribution in [1.29, 1.82) is 0 Å². The highest BCUT2D eigenvalue weighted by Gasteiger charge is 2.13. The van der Waals surface area contributed by atoms with Crippen molar-refractivity contribution in [1.82, 2.24) is 14.9 Å². The maximum Gasteiger partial charge on any atom is 0.127 e. The Balaban J connectivity index is 1.97. The minimum Gasteiger partial charge on any atom is -0.496 e. The van der Waals surface area contributed by atoms with Crippen LogP contribution in [0.15, 0.2) is 36.7 Å². The van der Waals surface area contributed by atoms with E-state index in [1.54, 1.807) is 7.11 Å². The van der Waals surface area contributed by atoms with Gasteiger partial charge in [-0.25, -0.2) is 9.97 Å². The van der Waals surface area contributed by atoms with Crippen LogP contribution in [0.1, 0.15) is 30.8 Å². The Kier molecular flexibility index (Phi) is 5.90. The zero-order valence-corrected chi connectivity index (χ0v) is 13.9. The van der Waals surface area contributed by atoms with Crippen LogP contribution in [0.5, 0.6) is 5.75 Å². The predicted octanol–water partition coefficient (Wildman–Crippen LogP) is 3.11. The Morgan fingerprint density at radius 2 is 1.86 bits per heavy atom. The molecule has 4 heteroatoms. The number of ether oxygens (including phenoxy) is 1. The summed E-state index contributed by atoms with van der Waals surface area (Å²) in [5.74, 6) is 1.85. The topological polar surface area (TPSA) is 38.2 Å². The quantitative estimate of drug-likeness (QED) is 0.787. The molecule has 1 unspecified atom stereocenters. The highest BCUT2D eigenvalue weighted by Crippen LogP contribution is 2.20. The molecule has 0 spiro atoms. The number of hydrogen-bond donors (Lipinski definition) is 0. The Morgan fingerprint density at radius 3 is 2.50 bits per heavy atom. The number of aromatic nitrogens is 2. The summed E-state index contributed by atoms with van der Waals surface area (Å²) in [5, 5.41) is 0. The molecular formula is C18H25N3O. The van der Waals surface area contributed by atoms with Gasteiger partial charge in [-0.2, -0.15) is 0 Å². The number of para-hydroxylation sites is 1. The van der Waals surface area contributed by atoms with Gasteiger partial charge in [-0.1, -0.05) is 25.1 Å². The summed E-state index contributed by atoms with van der Waals surface area (Å²) in [6.07, 6.45) is 5.69. The number of likely N-dealkylation sites (N-methyl/N-ethyl adjacent to an activating group) is 1. The number of nitrogens with zero attached hydrogens (tertiary/aromatic N) is 3. The SMILES string of the molecule is CCc1ncc(CN(C)C(C)Cc2ccccc2OC)cn1. The standard InChI is InChI=1S/C18H25N3O/c1-5-18-19-11-15(12-20-18)13-21(3)14(2)10-16-8-6-7-9-17(16)22-4/h6-9,11-12,14H,5,10,13H2,1-4H3. The fourth-order valence-corrected chi connectivity index (χ4v) is 2.44. The molecule has 2 rings (SSSR count). The predicted molar refractivity (Wildman–Crippen MR) is 89.0 cm³/mol. The monoisotopic (exact) mass is 299 g/mol. The van der Waals surface area contributed by atoms with E-state index in [4.69, 9.17) is 4.74 Å². The molecular weight excluding hydrogens is 274 g/mol. The zero-order valence-electron chi connectivity index (χ0n) is 13.9. The largest absolute Gasteiger partial charge is 0.496 e. The first-order valence-electron chi connectivity index (χ1n) is 7.76. The first-order chi connectivity index (χ1) is 10.6. The van der Waals surface area contributed by atoms with E-state index in [1.165, 1.54) is 5.56 Å². The van der Waals surface area contributed by atoms with Crippen LogP contribution in [0.4, 0.5) is 0 Å². The second-order valence-corrected chi connectivity index (χ2v) is 5.64. The van der Waals surface area contributed by atoms with E-state index < -0.39 is 0 Å². The molecule has 2 aromatic rings. The van der Waals surface area contributed by atoms with Gasteiger partial charge in [0.25, 0.3) is 0 Å². The van der Waals surface area contributed by atoms with Crippen molar-refractivity contribution in [2.24, 2.45) is 0 Å². The van der Waals surface area contributed by atoms with Crippen molar-refractivity contribution in [3.63, 3.8) is 0 Å². The van der Waals surface area contributed by atoms with Gasteiger partial charge in [0.1, 0.15) is 11.6 Å². The number of benzene rings is 1. The van der Waals surface area contributed by atoms with E-state index in [-0.39, 0.29) is 0 Å². The Hall–Kier alpha value is -1.94. The first-order valence-corrected chi connectivity index (χ1v) is 7.76. The minimum atomic E-state index is 0.405. The van der Waals surface area contributed by atoms with E-state index >= 15 is 0 Å². The van der Waals surface area contributed by atoms with Gasteiger partial charge >= 0.3 is 0 Å². The molecule has 0 fully saturated rings. The third kappa shape index (κ3) is 4.28. The normalized spacial score (nSPS) is 12.4. The lowest BCUT2D eigenvalue weighted by molar-refractivity contribution is 0.246. The van der Waals surface area contributed by atoms with Crippen molar-refractivity contribution in [3.8, 4) is 5.75 Å². The molecule has 118 valence electrons. The lowest BCUT2D eigenvalue weighted by Gasteiger charge is -2.25. The van der Waals surface area contributed by atoms with Crippen molar-refractivity contribution in [2.75, 3.05) is 14.2 Å². The lowest BCUT2D eigenvalue weighted by atomic mass is 10.0. The average molecular weight is 299 g/mol. The molecule has 1 aromatic carbocycles. The van der Waals surface area contributed by atoms with E-state index in [1.807, 2.05) is 24.5 Å². The van der Waals surface area contributed by atoms with Gasteiger partial charge in [-0.05, 0) is 32.0 Å². The minimum absolute atomic E-state index is 0.405. The number of hydrogen-bond acceptors (Lipinski definition) is 4. The zero-order chi connectivity index (χ0) is 15.9. The smallest absolute Gasteiger partial charge is 0.127 e. The molecule has 1 aromatic heterocycles. The third-order valence-corrected chi connectivity index (χ3v) is 3.97. The highest BCUT2D eigenvalue weighted by atomic mass is 16.5. The van der Waals surface area contributed by atoms with Crippen molar-refractivity contribution < 1.29 is 4.74 Å². The molecule has 0 radical (unpaired) electrons. The Labute approximate surface area is 133 Å². The van der Waals surface area contributed by atoms with Crippen LogP contribution in [0.3, 0.4) is 0 Å². The van der Waals surface area contributed by atoms with E-state index in [2.05, 4.69) is 47.9 Å². The summed E-state index contributed by atoms with van der Waals surface area (Å²) in [5.41, 5.74) is 2.38. The van der Waals surface area contributed by atoms with Crippen molar-refractivity contribution >= 4 is 0 Å². The molecule has 0 aliphatic rings. The van der Waals surface area contributed by atoms with Gasteiger partial charge in [-0.15, -0.1) is 0 Å². The fourth-order valence-electron chi connectivity index (χ4n) is 2.44. The molecule has 0 aliphatic heterocycles. The maximum absolute atomic E-state index is 5.43. The molecule has 0 saturated heterocycles. The van der Waals surface area contributed by atoms with Crippen LogP contribution < -0.4 is 4.74 Å². The van der Waals surface area contributed by atoms with Gasteiger partial charge < -0.3 is 4.74 Å². The van der Waals surface area contributed by atoms with Crippen molar-refractivity contribution in [3.05, 3.63) is 53.6 Å². The van der Waals surface area contributed by atoms with Crippen molar-refractivity contribution in [2.45, 2.75) is 39.3 Å². The summed E-state index contributed by atoms with van der Waals surface area (Å²) in [7, 11) is 3.85. The number of rotatable bonds is 7. The molecule has 22 heavy (non-hydrogen) atoms. The summed E-state index contributed by atoms with van der Waals surface area (Å²) in [6, 6.07) is 8.61. The van der Waals surface area contributed by atoms with Gasteiger partial charge in [0.15, 0.2) is 0 Å². The average Bonchev–Trinajstić information content (AvgIpc) is 2.56. The molecule has 1 heterocycles. The molecule has 0 bridgehead atoms. The van der Waals surface area contributed by atoms with Crippen LogP contribution in [-0.4, -0.2) is 35.1 Å². The lowest BCUT2D eigenvalue weighted by Crippen LogP contribution is -2.30. The van der Waals surface area contributed by atoms with Gasteiger partial charge in [0.2, 0.25) is 0 Å². The van der Waals surface area contributed by atoms with Crippen LogP contribution in [0.2, 0.25) is 0 Å². The van der Waals surface area contributed by atoms with Crippen LogP contribution in [0.25, 0.3) is 0 Å². The maximum atomic E-state index is 5.43. The molecule has 0 amide bonds. The molecule has 1 atom stereocenters. The van der Waals surface area contributed by atoms with E-state index in [0.717, 1.165) is 36.5 Å². The second kappa shape index (κ2) is 7.90. The van der Waals surface area contributed by atoms with E-state index in [9.17, 15) is 0 Å². The fraction of sp³-hybridized carbons (Fsp3) is 0.444. The van der Waals surface area contributed by atoms with E-state index in [0.29, 0.717) is 6.04 Å². The number of methoxy groups -OCH3 is 1. The van der Waals surface area contributed by atoms with Gasteiger partial charge in [-0.3, -0.25) is 4.90 Å². The number of aryl methyl sites for hydroxylation is 1. The molecule has 0 N–H and O–H groups in total.